The molecule has 0 saturated heterocycles. The summed E-state index contributed by atoms with van der Waals surface area (Å²) in [5.41, 5.74) is 3.01. The Morgan fingerprint density at radius 3 is 2.23 bits per heavy atom. The zero-order valence-electron chi connectivity index (χ0n) is 17.1. The van der Waals surface area contributed by atoms with Gasteiger partial charge in [0.2, 0.25) is 5.91 Å². The molecule has 0 unspecified atom stereocenters. The third-order valence-electron chi connectivity index (χ3n) is 4.48. The fraction of sp³-hybridized carbons (Fsp3) is 0.200. The number of aryl methyl sites for hydroxylation is 1. The monoisotopic (exact) mass is 402 g/mol. The van der Waals surface area contributed by atoms with Crippen molar-refractivity contribution in [3.8, 4) is 5.75 Å². The maximum Gasteiger partial charge on any atom is 0.255 e. The first-order valence-corrected chi connectivity index (χ1v) is 10.1. The predicted octanol–water partition coefficient (Wildman–Crippen LogP) is 5.30. The van der Waals surface area contributed by atoms with Crippen LogP contribution in [0.2, 0.25) is 0 Å². The van der Waals surface area contributed by atoms with Crippen molar-refractivity contribution >= 4 is 23.2 Å². The Morgan fingerprint density at radius 2 is 1.53 bits per heavy atom. The summed E-state index contributed by atoms with van der Waals surface area (Å²) in [6, 6.07) is 24.1. The average Bonchev–Trinajstić information content (AvgIpc) is 2.78. The van der Waals surface area contributed by atoms with E-state index in [2.05, 4.69) is 10.6 Å². The first-order chi connectivity index (χ1) is 14.6. The maximum absolute atomic E-state index is 12.5. The van der Waals surface area contributed by atoms with Crippen LogP contribution in [0.1, 0.15) is 35.7 Å². The van der Waals surface area contributed by atoms with Gasteiger partial charge >= 0.3 is 0 Å². The second-order valence-corrected chi connectivity index (χ2v) is 6.94. The summed E-state index contributed by atoms with van der Waals surface area (Å²) in [4.78, 5) is 24.6. The van der Waals surface area contributed by atoms with Crippen molar-refractivity contribution in [3.63, 3.8) is 0 Å². The highest BCUT2D eigenvalue weighted by molar-refractivity contribution is 6.04. The van der Waals surface area contributed by atoms with Crippen LogP contribution >= 0.6 is 0 Å². The molecule has 0 spiro atoms. The lowest BCUT2D eigenvalue weighted by Gasteiger charge is -2.09. The normalized spacial score (nSPS) is 10.3. The summed E-state index contributed by atoms with van der Waals surface area (Å²) < 4.78 is 5.58. The lowest BCUT2D eigenvalue weighted by Crippen LogP contribution is -2.13. The van der Waals surface area contributed by atoms with Gasteiger partial charge in [-0.25, -0.2) is 0 Å². The number of hydrogen-bond donors (Lipinski definition) is 2. The average molecular weight is 402 g/mol. The molecule has 2 N–H and O–H groups in total. The molecule has 3 aromatic rings. The van der Waals surface area contributed by atoms with Crippen LogP contribution in [0.3, 0.4) is 0 Å². The minimum absolute atomic E-state index is 0.0421. The molecule has 0 aromatic heterocycles. The fourth-order valence-electron chi connectivity index (χ4n) is 2.91. The Kier molecular flexibility index (Phi) is 7.61. The van der Waals surface area contributed by atoms with E-state index >= 15 is 0 Å². The first-order valence-electron chi connectivity index (χ1n) is 10.1. The van der Waals surface area contributed by atoms with E-state index in [1.807, 2.05) is 43.3 Å². The van der Waals surface area contributed by atoms with E-state index in [-0.39, 0.29) is 11.8 Å². The highest BCUT2D eigenvalue weighted by Crippen LogP contribution is 2.18. The topological polar surface area (TPSA) is 67.4 Å². The number of ether oxygens (including phenoxy) is 1. The van der Waals surface area contributed by atoms with Crippen LogP contribution in [-0.4, -0.2) is 18.4 Å². The molecular weight excluding hydrogens is 376 g/mol. The van der Waals surface area contributed by atoms with Crippen LogP contribution in [0.15, 0.2) is 78.9 Å². The summed E-state index contributed by atoms with van der Waals surface area (Å²) in [6.45, 7) is 2.65. The summed E-state index contributed by atoms with van der Waals surface area (Å²) in [6.07, 6.45) is 2.02. The van der Waals surface area contributed by atoms with Gasteiger partial charge in [0.15, 0.2) is 0 Å². The van der Waals surface area contributed by atoms with Crippen LogP contribution in [0.5, 0.6) is 5.75 Å². The molecule has 0 heterocycles. The van der Waals surface area contributed by atoms with E-state index in [0.29, 0.717) is 42.1 Å². The van der Waals surface area contributed by atoms with Crippen molar-refractivity contribution in [2.45, 2.75) is 26.2 Å². The molecule has 0 radical (unpaired) electrons. The fourth-order valence-corrected chi connectivity index (χ4v) is 2.91. The van der Waals surface area contributed by atoms with Crippen LogP contribution in [-0.2, 0) is 11.2 Å². The number of anilines is 2. The molecule has 3 rings (SSSR count). The molecule has 3 aromatic carbocycles. The molecule has 0 aliphatic rings. The molecular formula is C25H26N2O3. The standard InChI is InChI=1S/C25H26N2O3/c1-2-17-30-23-10-6-9-20(18-23)25(29)27-22-14-12-21(13-15-22)26-24(28)16-11-19-7-4-3-5-8-19/h3-10,12-15,18H,2,11,16-17H2,1H3,(H,26,28)(H,27,29). The summed E-state index contributed by atoms with van der Waals surface area (Å²) >= 11 is 0. The number of benzene rings is 3. The second-order valence-electron chi connectivity index (χ2n) is 6.94. The zero-order valence-corrected chi connectivity index (χ0v) is 17.1. The third kappa shape index (κ3) is 6.48. The lowest BCUT2D eigenvalue weighted by atomic mass is 10.1. The van der Waals surface area contributed by atoms with Crippen LogP contribution < -0.4 is 15.4 Å². The Bertz CT molecular complexity index is 969. The van der Waals surface area contributed by atoms with E-state index in [1.54, 1.807) is 42.5 Å². The summed E-state index contributed by atoms with van der Waals surface area (Å²) in [5.74, 6) is 0.425. The van der Waals surface area contributed by atoms with Gasteiger partial charge in [-0.2, -0.15) is 0 Å². The second kappa shape index (κ2) is 10.8. The van der Waals surface area contributed by atoms with E-state index in [0.717, 1.165) is 12.0 Å². The van der Waals surface area contributed by atoms with E-state index in [9.17, 15) is 9.59 Å². The molecule has 0 aliphatic carbocycles. The van der Waals surface area contributed by atoms with Crippen LogP contribution in [0.25, 0.3) is 0 Å². The molecule has 0 fully saturated rings. The largest absolute Gasteiger partial charge is 0.494 e. The first kappa shape index (κ1) is 21.1. The molecule has 30 heavy (non-hydrogen) atoms. The van der Waals surface area contributed by atoms with Gasteiger partial charge < -0.3 is 15.4 Å². The smallest absolute Gasteiger partial charge is 0.255 e. The molecule has 154 valence electrons. The molecule has 0 bridgehead atoms. The number of carbonyl (C=O) groups is 2. The van der Waals surface area contributed by atoms with Gasteiger partial charge in [0, 0.05) is 23.4 Å². The van der Waals surface area contributed by atoms with Crippen molar-refractivity contribution in [3.05, 3.63) is 90.0 Å². The van der Waals surface area contributed by atoms with Gasteiger partial charge in [-0.3, -0.25) is 9.59 Å². The van der Waals surface area contributed by atoms with E-state index in [4.69, 9.17) is 4.74 Å². The van der Waals surface area contributed by atoms with E-state index in [1.165, 1.54) is 0 Å². The van der Waals surface area contributed by atoms with Crippen molar-refractivity contribution < 1.29 is 14.3 Å². The Hall–Kier alpha value is -3.60. The zero-order chi connectivity index (χ0) is 21.2. The predicted molar refractivity (Wildman–Crippen MR) is 120 cm³/mol. The van der Waals surface area contributed by atoms with Crippen molar-refractivity contribution in [2.24, 2.45) is 0 Å². The Morgan fingerprint density at radius 1 is 0.833 bits per heavy atom. The molecule has 0 atom stereocenters. The Balaban J connectivity index is 1.51. The SMILES string of the molecule is CCCOc1cccc(C(=O)Nc2ccc(NC(=O)CCc3ccccc3)cc2)c1. The van der Waals surface area contributed by atoms with Crippen molar-refractivity contribution in [1.82, 2.24) is 0 Å². The van der Waals surface area contributed by atoms with Gasteiger partial charge in [0.25, 0.3) is 5.91 Å². The van der Waals surface area contributed by atoms with Gasteiger partial charge in [0.05, 0.1) is 6.61 Å². The van der Waals surface area contributed by atoms with Crippen molar-refractivity contribution in [1.29, 1.82) is 0 Å². The van der Waals surface area contributed by atoms with Crippen molar-refractivity contribution in [2.75, 3.05) is 17.2 Å². The van der Waals surface area contributed by atoms with E-state index < -0.39 is 0 Å². The van der Waals surface area contributed by atoms with Gasteiger partial charge in [0.1, 0.15) is 5.75 Å². The Labute approximate surface area is 177 Å². The highest BCUT2D eigenvalue weighted by atomic mass is 16.5. The maximum atomic E-state index is 12.5. The molecule has 5 nitrogen and oxygen atoms in total. The van der Waals surface area contributed by atoms with Gasteiger partial charge in [-0.1, -0.05) is 43.3 Å². The third-order valence-corrected chi connectivity index (χ3v) is 4.48. The van der Waals surface area contributed by atoms with Crippen LogP contribution in [0.4, 0.5) is 11.4 Å². The van der Waals surface area contributed by atoms with Gasteiger partial charge in [-0.15, -0.1) is 0 Å². The number of nitrogens with one attached hydrogen (secondary N) is 2. The number of rotatable bonds is 9. The number of amides is 2. The number of carbonyl (C=O) groups excluding carboxylic acids is 2. The lowest BCUT2D eigenvalue weighted by molar-refractivity contribution is -0.116. The quantitative estimate of drug-likeness (QED) is 0.510. The minimum atomic E-state index is -0.211. The summed E-state index contributed by atoms with van der Waals surface area (Å²) in [5, 5.41) is 5.74. The summed E-state index contributed by atoms with van der Waals surface area (Å²) in [7, 11) is 0. The van der Waals surface area contributed by atoms with Crippen LogP contribution in [0, 0.1) is 0 Å². The van der Waals surface area contributed by atoms with Gasteiger partial charge in [-0.05, 0) is 60.9 Å². The minimum Gasteiger partial charge on any atom is -0.494 e. The number of hydrogen-bond acceptors (Lipinski definition) is 3. The highest BCUT2D eigenvalue weighted by Gasteiger charge is 2.08. The molecule has 5 heteroatoms. The molecule has 0 saturated carbocycles. The molecule has 0 aliphatic heterocycles. The molecule has 2 amide bonds.